The molecule has 0 N–H and O–H groups in total. The van der Waals surface area contributed by atoms with E-state index in [1.807, 2.05) is 6.92 Å². The first-order chi connectivity index (χ1) is 11.3. The van der Waals surface area contributed by atoms with Crippen molar-refractivity contribution in [2.24, 2.45) is 0 Å². The lowest BCUT2D eigenvalue weighted by molar-refractivity contribution is -0.138. The Morgan fingerprint density at radius 2 is 1.43 bits per heavy atom. The van der Waals surface area contributed by atoms with Crippen LogP contribution in [0.2, 0.25) is 0 Å². The molecule has 0 heterocycles. The lowest BCUT2D eigenvalue weighted by atomic mass is 10.1. The zero-order chi connectivity index (χ0) is 17.0. The Bertz CT molecular complexity index is 340. The molecule has 23 heavy (non-hydrogen) atoms. The van der Waals surface area contributed by atoms with Gasteiger partial charge in [-0.1, -0.05) is 69.4 Å². The molecule has 0 fully saturated rings. The average Bonchev–Trinajstić information content (AvgIpc) is 2.56. The topological polar surface area (TPSA) is 26.3 Å². The van der Waals surface area contributed by atoms with Gasteiger partial charge in [-0.25, -0.2) is 0 Å². The molecule has 0 saturated heterocycles. The summed E-state index contributed by atoms with van der Waals surface area (Å²) in [6, 6.07) is 0. The average molecular weight is 321 g/mol. The van der Waals surface area contributed by atoms with Crippen molar-refractivity contribution in [3.05, 3.63) is 36.6 Å². The highest BCUT2D eigenvalue weighted by Gasteiger charge is 1.99. The third kappa shape index (κ3) is 18.6. The molecule has 2 nitrogen and oxygen atoms in total. The summed E-state index contributed by atoms with van der Waals surface area (Å²) in [5, 5.41) is 0. The van der Waals surface area contributed by atoms with Crippen molar-refractivity contribution in [2.75, 3.05) is 0 Å². The number of unbranched alkanes of at least 4 members (excludes halogenated alkanes) is 8. The zero-order valence-corrected chi connectivity index (χ0v) is 15.3. The van der Waals surface area contributed by atoms with E-state index in [2.05, 4.69) is 31.2 Å². The standard InChI is InChI=1S/C21H36O2/c1-3-5-6-7-8-9-10-11-12-13-14-15-16-17-18-19-21(22)23-20-4-2/h4,8-9,11-12,20H,3,5-7,10,13-19H2,1-2H3/b9-8-,12-11-,20-4?. The van der Waals surface area contributed by atoms with Crippen molar-refractivity contribution in [1.82, 2.24) is 0 Å². The second-order valence-corrected chi connectivity index (χ2v) is 5.94. The van der Waals surface area contributed by atoms with Gasteiger partial charge in [-0.05, 0) is 45.4 Å². The molecule has 2 heteroatoms. The number of hydrogen-bond donors (Lipinski definition) is 0. The van der Waals surface area contributed by atoms with Crippen molar-refractivity contribution in [2.45, 2.75) is 90.9 Å². The monoisotopic (exact) mass is 320 g/mol. The van der Waals surface area contributed by atoms with Crippen molar-refractivity contribution >= 4 is 5.97 Å². The van der Waals surface area contributed by atoms with Crippen LogP contribution in [0.25, 0.3) is 0 Å². The Morgan fingerprint density at radius 1 is 0.826 bits per heavy atom. The van der Waals surface area contributed by atoms with Crippen LogP contribution in [0, 0.1) is 0 Å². The van der Waals surface area contributed by atoms with Gasteiger partial charge in [-0.3, -0.25) is 4.79 Å². The Hall–Kier alpha value is -1.31. The molecule has 0 aromatic rings. The molecule has 0 aliphatic carbocycles. The van der Waals surface area contributed by atoms with Gasteiger partial charge in [0.1, 0.15) is 0 Å². The van der Waals surface area contributed by atoms with Crippen molar-refractivity contribution < 1.29 is 9.53 Å². The van der Waals surface area contributed by atoms with E-state index in [1.165, 1.54) is 57.6 Å². The molecular weight excluding hydrogens is 284 g/mol. The fourth-order valence-corrected chi connectivity index (χ4v) is 2.28. The molecule has 0 aliphatic rings. The number of rotatable bonds is 15. The van der Waals surface area contributed by atoms with E-state index in [1.54, 1.807) is 6.08 Å². The molecule has 0 amide bonds. The first kappa shape index (κ1) is 21.7. The van der Waals surface area contributed by atoms with E-state index in [0.717, 1.165) is 19.3 Å². The maximum absolute atomic E-state index is 11.2. The molecule has 0 bridgehead atoms. The first-order valence-corrected chi connectivity index (χ1v) is 9.41. The van der Waals surface area contributed by atoms with Gasteiger partial charge in [-0.2, -0.15) is 0 Å². The highest BCUT2D eigenvalue weighted by molar-refractivity contribution is 5.69. The summed E-state index contributed by atoms with van der Waals surface area (Å²) < 4.78 is 4.88. The van der Waals surface area contributed by atoms with Gasteiger partial charge in [0.2, 0.25) is 0 Å². The largest absolute Gasteiger partial charge is 0.435 e. The molecule has 0 aliphatic heterocycles. The normalized spacial score (nSPS) is 11.9. The van der Waals surface area contributed by atoms with Gasteiger partial charge in [0.15, 0.2) is 0 Å². The molecule has 0 aromatic carbocycles. The Balaban J connectivity index is 3.26. The van der Waals surface area contributed by atoms with Crippen LogP contribution in [0.3, 0.4) is 0 Å². The van der Waals surface area contributed by atoms with Crippen LogP contribution >= 0.6 is 0 Å². The van der Waals surface area contributed by atoms with Crippen molar-refractivity contribution in [3.63, 3.8) is 0 Å². The number of hydrogen-bond acceptors (Lipinski definition) is 2. The van der Waals surface area contributed by atoms with E-state index in [-0.39, 0.29) is 5.97 Å². The van der Waals surface area contributed by atoms with Gasteiger partial charge < -0.3 is 4.74 Å². The fourth-order valence-electron chi connectivity index (χ4n) is 2.28. The maximum atomic E-state index is 11.2. The first-order valence-electron chi connectivity index (χ1n) is 9.41. The van der Waals surface area contributed by atoms with Crippen LogP contribution in [-0.4, -0.2) is 5.97 Å². The van der Waals surface area contributed by atoms with Crippen molar-refractivity contribution in [1.29, 1.82) is 0 Å². The summed E-state index contributed by atoms with van der Waals surface area (Å²) in [7, 11) is 0. The Morgan fingerprint density at radius 3 is 2.09 bits per heavy atom. The molecule has 0 atom stereocenters. The summed E-state index contributed by atoms with van der Waals surface area (Å²) in [6.45, 7) is 4.08. The predicted octanol–water partition coefficient (Wildman–Crippen LogP) is 6.88. The Kier molecular flexibility index (Phi) is 17.7. The van der Waals surface area contributed by atoms with Crippen LogP contribution in [0.15, 0.2) is 36.6 Å². The van der Waals surface area contributed by atoms with Crippen LogP contribution in [0.4, 0.5) is 0 Å². The number of allylic oxidation sites excluding steroid dienone is 5. The van der Waals surface area contributed by atoms with Gasteiger partial charge in [0.05, 0.1) is 6.26 Å². The summed E-state index contributed by atoms with van der Waals surface area (Å²) in [5.41, 5.74) is 0. The third-order valence-corrected chi connectivity index (χ3v) is 3.67. The molecule has 132 valence electrons. The smallest absolute Gasteiger partial charge is 0.310 e. The number of ether oxygens (including phenoxy) is 1. The molecule has 0 radical (unpaired) electrons. The van der Waals surface area contributed by atoms with E-state index in [4.69, 9.17) is 4.74 Å². The van der Waals surface area contributed by atoms with Crippen LogP contribution in [-0.2, 0) is 9.53 Å². The second-order valence-electron chi connectivity index (χ2n) is 5.94. The maximum Gasteiger partial charge on any atom is 0.310 e. The molecule has 0 rings (SSSR count). The van der Waals surface area contributed by atoms with Gasteiger partial charge in [-0.15, -0.1) is 0 Å². The number of esters is 1. The van der Waals surface area contributed by atoms with Gasteiger partial charge in [0.25, 0.3) is 0 Å². The lowest BCUT2D eigenvalue weighted by Crippen LogP contribution is -1.98. The predicted molar refractivity (Wildman–Crippen MR) is 100 cm³/mol. The molecular formula is C21H36O2. The molecule has 0 aromatic heterocycles. The zero-order valence-electron chi connectivity index (χ0n) is 15.3. The highest BCUT2D eigenvalue weighted by atomic mass is 16.5. The SMILES string of the molecule is CC=COC(=O)CCCCCCC/C=C\C/C=C\CCCCC. The number of carbonyl (C=O) groups excluding carboxylic acids is 1. The lowest BCUT2D eigenvalue weighted by Gasteiger charge is -2.00. The molecule has 0 saturated carbocycles. The molecule has 0 unspecified atom stereocenters. The highest BCUT2D eigenvalue weighted by Crippen LogP contribution is 2.08. The second kappa shape index (κ2) is 18.7. The summed E-state index contributed by atoms with van der Waals surface area (Å²) in [4.78, 5) is 11.2. The number of carbonyl (C=O) groups is 1. The van der Waals surface area contributed by atoms with E-state index in [9.17, 15) is 4.79 Å². The minimum absolute atomic E-state index is 0.117. The van der Waals surface area contributed by atoms with E-state index in [0.29, 0.717) is 6.42 Å². The van der Waals surface area contributed by atoms with E-state index >= 15 is 0 Å². The third-order valence-electron chi connectivity index (χ3n) is 3.67. The quantitative estimate of drug-likeness (QED) is 0.142. The fraction of sp³-hybridized carbons (Fsp3) is 0.667. The Labute approximate surface area is 143 Å². The summed E-state index contributed by atoms with van der Waals surface area (Å²) in [5.74, 6) is -0.117. The molecule has 0 spiro atoms. The van der Waals surface area contributed by atoms with Crippen LogP contribution in [0.1, 0.15) is 90.9 Å². The summed E-state index contributed by atoms with van der Waals surface area (Å²) >= 11 is 0. The van der Waals surface area contributed by atoms with Gasteiger partial charge >= 0.3 is 5.97 Å². The van der Waals surface area contributed by atoms with Crippen LogP contribution < -0.4 is 0 Å². The van der Waals surface area contributed by atoms with Gasteiger partial charge in [0, 0.05) is 6.42 Å². The van der Waals surface area contributed by atoms with Crippen molar-refractivity contribution in [3.8, 4) is 0 Å². The summed E-state index contributed by atoms with van der Waals surface area (Å²) in [6.07, 6.45) is 26.1. The minimum atomic E-state index is -0.117. The van der Waals surface area contributed by atoms with Crippen LogP contribution in [0.5, 0.6) is 0 Å². The minimum Gasteiger partial charge on any atom is -0.435 e. The van der Waals surface area contributed by atoms with E-state index < -0.39 is 0 Å².